The molecule has 0 aliphatic carbocycles. The SMILES string of the molecule is Cc1c(CNC2CCCN(C(C)C)CC2)cnn1C. The standard InChI is InChI=1S/C15H28N4/c1-12(2)19-8-5-6-15(7-9-19)16-10-14-11-17-18(4)13(14)3/h11-12,15-16H,5-10H2,1-4H3. The lowest BCUT2D eigenvalue weighted by molar-refractivity contribution is 0.229. The summed E-state index contributed by atoms with van der Waals surface area (Å²) in [6.07, 6.45) is 5.85. The van der Waals surface area contributed by atoms with Crippen LogP contribution in [-0.4, -0.2) is 39.9 Å². The first kappa shape index (κ1) is 14.5. The number of aromatic nitrogens is 2. The van der Waals surface area contributed by atoms with Crippen LogP contribution in [0.2, 0.25) is 0 Å². The number of hydrogen-bond donors (Lipinski definition) is 1. The minimum atomic E-state index is 0.656. The summed E-state index contributed by atoms with van der Waals surface area (Å²) in [5.74, 6) is 0. The topological polar surface area (TPSA) is 33.1 Å². The third-order valence-electron chi connectivity index (χ3n) is 4.41. The van der Waals surface area contributed by atoms with Crippen molar-refractivity contribution in [2.75, 3.05) is 13.1 Å². The molecule has 1 aliphatic rings. The van der Waals surface area contributed by atoms with E-state index in [0.717, 1.165) is 6.54 Å². The molecule has 1 saturated heterocycles. The molecule has 0 spiro atoms. The van der Waals surface area contributed by atoms with Gasteiger partial charge in [0.2, 0.25) is 0 Å². The Morgan fingerprint density at radius 3 is 2.79 bits per heavy atom. The second kappa shape index (κ2) is 6.53. The summed E-state index contributed by atoms with van der Waals surface area (Å²) < 4.78 is 1.95. The highest BCUT2D eigenvalue weighted by Crippen LogP contribution is 2.14. The summed E-state index contributed by atoms with van der Waals surface area (Å²) in [4.78, 5) is 2.59. The van der Waals surface area contributed by atoms with E-state index in [-0.39, 0.29) is 0 Å². The number of likely N-dealkylation sites (tertiary alicyclic amines) is 1. The van der Waals surface area contributed by atoms with Gasteiger partial charge in [0.15, 0.2) is 0 Å². The molecule has 0 radical (unpaired) electrons. The fourth-order valence-electron chi connectivity index (χ4n) is 2.81. The second-order valence-electron chi connectivity index (χ2n) is 6.02. The van der Waals surface area contributed by atoms with Gasteiger partial charge in [-0.1, -0.05) is 0 Å². The van der Waals surface area contributed by atoms with Crippen LogP contribution in [0.15, 0.2) is 6.20 Å². The molecule has 1 fully saturated rings. The van der Waals surface area contributed by atoms with Crippen molar-refractivity contribution < 1.29 is 0 Å². The third kappa shape index (κ3) is 3.80. The Balaban J connectivity index is 1.82. The maximum Gasteiger partial charge on any atom is 0.0537 e. The van der Waals surface area contributed by atoms with Gasteiger partial charge >= 0.3 is 0 Å². The van der Waals surface area contributed by atoms with Crippen molar-refractivity contribution in [1.29, 1.82) is 0 Å². The highest BCUT2D eigenvalue weighted by molar-refractivity contribution is 5.15. The first-order valence-electron chi connectivity index (χ1n) is 7.53. The second-order valence-corrected chi connectivity index (χ2v) is 6.02. The molecule has 0 amide bonds. The van der Waals surface area contributed by atoms with Gasteiger partial charge in [0.1, 0.15) is 0 Å². The van der Waals surface area contributed by atoms with Gasteiger partial charge in [-0.25, -0.2) is 0 Å². The van der Waals surface area contributed by atoms with Crippen LogP contribution in [-0.2, 0) is 13.6 Å². The van der Waals surface area contributed by atoms with Crippen molar-refractivity contribution in [3.8, 4) is 0 Å². The average Bonchev–Trinajstić information content (AvgIpc) is 2.59. The lowest BCUT2D eigenvalue weighted by Gasteiger charge is -2.24. The first-order chi connectivity index (χ1) is 9.08. The molecule has 1 aromatic rings. The van der Waals surface area contributed by atoms with E-state index < -0.39 is 0 Å². The Morgan fingerprint density at radius 2 is 2.16 bits per heavy atom. The van der Waals surface area contributed by atoms with Crippen LogP contribution < -0.4 is 5.32 Å². The third-order valence-corrected chi connectivity index (χ3v) is 4.41. The molecular formula is C15H28N4. The van der Waals surface area contributed by atoms with E-state index in [0.29, 0.717) is 12.1 Å². The largest absolute Gasteiger partial charge is 0.310 e. The molecule has 1 aromatic heterocycles. The van der Waals surface area contributed by atoms with Crippen molar-refractivity contribution in [3.63, 3.8) is 0 Å². The first-order valence-corrected chi connectivity index (χ1v) is 7.53. The Kier molecular flexibility index (Phi) is 4.99. The number of aryl methyl sites for hydroxylation is 1. The van der Waals surface area contributed by atoms with Crippen LogP contribution in [0.3, 0.4) is 0 Å². The predicted octanol–water partition coefficient (Wildman–Crippen LogP) is 2.08. The Morgan fingerprint density at radius 1 is 1.37 bits per heavy atom. The van der Waals surface area contributed by atoms with Crippen LogP contribution in [0, 0.1) is 6.92 Å². The minimum Gasteiger partial charge on any atom is -0.310 e. The lowest BCUT2D eigenvalue weighted by atomic mass is 10.1. The normalized spacial score (nSPS) is 21.8. The molecule has 0 saturated carbocycles. The van der Waals surface area contributed by atoms with Gasteiger partial charge in [0.05, 0.1) is 6.20 Å². The van der Waals surface area contributed by atoms with Gasteiger partial charge in [0.25, 0.3) is 0 Å². The summed E-state index contributed by atoms with van der Waals surface area (Å²) in [5, 5.41) is 8.01. The molecule has 4 nitrogen and oxygen atoms in total. The van der Waals surface area contributed by atoms with Gasteiger partial charge in [-0.3, -0.25) is 4.68 Å². The van der Waals surface area contributed by atoms with Crippen molar-refractivity contribution in [1.82, 2.24) is 20.0 Å². The van der Waals surface area contributed by atoms with E-state index >= 15 is 0 Å². The summed E-state index contributed by atoms with van der Waals surface area (Å²) in [5.41, 5.74) is 2.59. The smallest absolute Gasteiger partial charge is 0.0537 e. The Labute approximate surface area is 117 Å². The number of rotatable bonds is 4. The predicted molar refractivity (Wildman–Crippen MR) is 79.1 cm³/mol. The van der Waals surface area contributed by atoms with Crippen LogP contribution >= 0.6 is 0 Å². The molecule has 0 bridgehead atoms. The van der Waals surface area contributed by atoms with Crippen LogP contribution in [0.25, 0.3) is 0 Å². The fourth-order valence-corrected chi connectivity index (χ4v) is 2.81. The molecule has 108 valence electrons. The average molecular weight is 264 g/mol. The maximum absolute atomic E-state index is 4.30. The van der Waals surface area contributed by atoms with E-state index in [1.165, 1.54) is 43.6 Å². The van der Waals surface area contributed by atoms with Gasteiger partial charge in [0, 0.05) is 36.9 Å². The summed E-state index contributed by atoms with van der Waals surface area (Å²) in [7, 11) is 2.00. The zero-order valence-corrected chi connectivity index (χ0v) is 12.8. The Hall–Kier alpha value is -0.870. The number of hydrogen-bond acceptors (Lipinski definition) is 3. The number of nitrogens with one attached hydrogen (secondary N) is 1. The highest BCUT2D eigenvalue weighted by atomic mass is 15.3. The van der Waals surface area contributed by atoms with E-state index in [9.17, 15) is 0 Å². The van der Waals surface area contributed by atoms with Gasteiger partial charge in [-0.2, -0.15) is 5.10 Å². The van der Waals surface area contributed by atoms with Gasteiger partial charge < -0.3 is 10.2 Å². The molecule has 0 aromatic carbocycles. The van der Waals surface area contributed by atoms with Crippen molar-refractivity contribution in [3.05, 3.63) is 17.5 Å². The van der Waals surface area contributed by atoms with Crippen LogP contribution in [0.4, 0.5) is 0 Å². The van der Waals surface area contributed by atoms with E-state index in [4.69, 9.17) is 0 Å². The van der Waals surface area contributed by atoms with E-state index in [1.807, 2.05) is 17.9 Å². The van der Waals surface area contributed by atoms with E-state index in [1.54, 1.807) is 0 Å². The zero-order valence-electron chi connectivity index (χ0n) is 12.8. The summed E-state index contributed by atoms with van der Waals surface area (Å²) in [6, 6.07) is 1.34. The van der Waals surface area contributed by atoms with Crippen LogP contribution in [0.1, 0.15) is 44.4 Å². The molecule has 1 N–H and O–H groups in total. The maximum atomic E-state index is 4.30. The monoisotopic (exact) mass is 264 g/mol. The van der Waals surface area contributed by atoms with Crippen molar-refractivity contribution >= 4 is 0 Å². The molecule has 2 heterocycles. The molecule has 1 unspecified atom stereocenters. The summed E-state index contributed by atoms with van der Waals surface area (Å²) in [6.45, 7) is 10.2. The summed E-state index contributed by atoms with van der Waals surface area (Å²) >= 11 is 0. The zero-order chi connectivity index (χ0) is 13.8. The van der Waals surface area contributed by atoms with Crippen molar-refractivity contribution in [2.45, 2.75) is 58.7 Å². The van der Waals surface area contributed by atoms with E-state index in [2.05, 4.69) is 36.1 Å². The Bertz CT molecular complexity index is 397. The molecular weight excluding hydrogens is 236 g/mol. The fraction of sp³-hybridized carbons (Fsp3) is 0.800. The number of nitrogens with zero attached hydrogens (tertiary/aromatic N) is 3. The highest BCUT2D eigenvalue weighted by Gasteiger charge is 2.18. The lowest BCUT2D eigenvalue weighted by Crippen LogP contribution is -2.33. The minimum absolute atomic E-state index is 0.656. The quantitative estimate of drug-likeness (QED) is 0.904. The van der Waals surface area contributed by atoms with Gasteiger partial charge in [-0.05, 0) is 53.1 Å². The van der Waals surface area contributed by atoms with Crippen molar-refractivity contribution in [2.24, 2.45) is 7.05 Å². The van der Waals surface area contributed by atoms with Gasteiger partial charge in [-0.15, -0.1) is 0 Å². The molecule has 19 heavy (non-hydrogen) atoms. The van der Waals surface area contributed by atoms with Crippen LogP contribution in [0.5, 0.6) is 0 Å². The molecule has 4 heteroatoms. The molecule has 2 rings (SSSR count). The molecule has 1 aliphatic heterocycles. The molecule has 1 atom stereocenters.